The fraction of sp³-hybridized carbons (Fsp3) is 0.350. The summed E-state index contributed by atoms with van der Waals surface area (Å²) in [5.74, 6) is 0.235. The SMILES string of the molecule is Cc1cccc([C@H]2CCCN(C(=O)c3nn4cc(C)cnc4c3Cl)C2)c1. The van der Waals surface area contributed by atoms with Gasteiger partial charge in [-0.1, -0.05) is 41.4 Å². The zero-order valence-electron chi connectivity index (χ0n) is 14.9. The second kappa shape index (κ2) is 6.72. The maximum absolute atomic E-state index is 13.1. The lowest BCUT2D eigenvalue weighted by Crippen LogP contribution is -2.39. The molecule has 1 saturated heterocycles. The van der Waals surface area contributed by atoms with E-state index in [1.165, 1.54) is 11.1 Å². The lowest BCUT2D eigenvalue weighted by atomic mass is 9.89. The van der Waals surface area contributed by atoms with Gasteiger partial charge < -0.3 is 4.90 Å². The molecule has 0 aliphatic carbocycles. The van der Waals surface area contributed by atoms with Crippen LogP contribution in [-0.2, 0) is 0 Å². The summed E-state index contributed by atoms with van der Waals surface area (Å²) < 4.78 is 1.59. The van der Waals surface area contributed by atoms with Gasteiger partial charge in [-0.2, -0.15) is 5.10 Å². The number of amides is 1. The Bertz CT molecular complexity index is 981. The molecule has 1 amide bonds. The molecule has 0 radical (unpaired) electrons. The largest absolute Gasteiger partial charge is 0.337 e. The molecule has 3 heterocycles. The number of hydrogen-bond acceptors (Lipinski definition) is 3. The van der Waals surface area contributed by atoms with Gasteiger partial charge in [0.25, 0.3) is 5.91 Å². The van der Waals surface area contributed by atoms with Gasteiger partial charge >= 0.3 is 0 Å². The number of carbonyl (C=O) groups excluding carboxylic acids is 1. The van der Waals surface area contributed by atoms with Gasteiger partial charge in [0, 0.05) is 31.4 Å². The first-order valence-electron chi connectivity index (χ1n) is 8.89. The molecule has 0 saturated carbocycles. The maximum Gasteiger partial charge on any atom is 0.276 e. The minimum atomic E-state index is -0.115. The minimum absolute atomic E-state index is 0.115. The van der Waals surface area contributed by atoms with E-state index in [0.717, 1.165) is 24.9 Å². The Balaban J connectivity index is 1.61. The molecule has 0 N–H and O–H groups in total. The number of halogens is 1. The number of carbonyl (C=O) groups is 1. The Hall–Kier alpha value is -2.40. The predicted octanol–water partition coefficient (Wildman–Crippen LogP) is 4.02. The number of aromatic nitrogens is 3. The van der Waals surface area contributed by atoms with Crippen molar-refractivity contribution in [1.82, 2.24) is 19.5 Å². The van der Waals surface area contributed by atoms with E-state index in [1.54, 1.807) is 10.7 Å². The van der Waals surface area contributed by atoms with Crippen molar-refractivity contribution in [1.29, 1.82) is 0 Å². The molecule has 6 heteroatoms. The first kappa shape index (κ1) is 17.0. The van der Waals surface area contributed by atoms with Crippen molar-refractivity contribution < 1.29 is 4.79 Å². The van der Waals surface area contributed by atoms with Crippen molar-refractivity contribution in [2.45, 2.75) is 32.6 Å². The van der Waals surface area contributed by atoms with Gasteiger partial charge in [-0.05, 0) is 37.8 Å². The summed E-state index contributed by atoms with van der Waals surface area (Å²) >= 11 is 6.40. The van der Waals surface area contributed by atoms with Crippen LogP contribution < -0.4 is 0 Å². The number of fused-ring (bicyclic) bond motifs is 1. The normalized spacial score (nSPS) is 17.7. The van der Waals surface area contributed by atoms with Gasteiger partial charge in [0.2, 0.25) is 0 Å². The van der Waals surface area contributed by atoms with Crippen LogP contribution in [0.5, 0.6) is 0 Å². The van der Waals surface area contributed by atoms with E-state index in [1.807, 2.05) is 18.0 Å². The lowest BCUT2D eigenvalue weighted by molar-refractivity contribution is 0.0701. The molecule has 1 aromatic carbocycles. The lowest BCUT2D eigenvalue weighted by Gasteiger charge is -2.32. The second-order valence-electron chi connectivity index (χ2n) is 7.07. The van der Waals surface area contributed by atoms with E-state index < -0.39 is 0 Å². The van der Waals surface area contributed by atoms with Crippen molar-refractivity contribution in [3.8, 4) is 0 Å². The van der Waals surface area contributed by atoms with Crippen molar-refractivity contribution in [2.24, 2.45) is 0 Å². The van der Waals surface area contributed by atoms with Crippen LogP contribution in [0.25, 0.3) is 5.65 Å². The summed E-state index contributed by atoms with van der Waals surface area (Å²) in [6.45, 7) is 5.46. The van der Waals surface area contributed by atoms with E-state index >= 15 is 0 Å². The standard InChI is InChI=1S/C20H21ClN4O/c1-13-5-3-6-15(9-13)16-7-4-8-24(12-16)20(26)18-17(21)19-22-10-14(2)11-25(19)23-18/h3,5-6,9-11,16H,4,7-8,12H2,1-2H3/t16-/m0/s1. The van der Waals surface area contributed by atoms with Crippen LogP contribution in [0.4, 0.5) is 0 Å². The molecule has 0 bridgehead atoms. The van der Waals surface area contributed by atoms with E-state index in [4.69, 9.17) is 11.6 Å². The summed E-state index contributed by atoms with van der Waals surface area (Å²) in [7, 11) is 0. The molecule has 1 fully saturated rings. The molecule has 1 aliphatic heterocycles. The average Bonchev–Trinajstić information content (AvgIpc) is 2.97. The third-order valence-corrected chi connectivity index (χ3v) is 5.32. The molecular formula is C20H21ClN4O. The third-order valence-electron chi connectivity index (χ3n) is 4.97. The third kappa shape index (κ3) is 3.07. The van der Waals surface area contributed by atoms with Crippen LogP contribution in [0, 0.1) is 13.8 Å². The highest BCUT2D eigenvalue weighted by Crippen LogP contribution is 2.29. The topological polar surface area (TPSA) is 50.5 Å². The fourth-order valence-electron chi connectivity index (χ4n) is 3.64. The smallest absolute Gasteiger partial charge is 0.276 e. The Morgan fingerprint density at radius 1 is 1.27 bits per heavy atom. The molecule has 4 rings (SSSR count). The molecule has 134 valence electrons. The highest BCUT2D eigenvalue weighted by atomic mass is 35.5. The van der Waals surface area contributed by atoms with Crippen molar-refractivity contribution >= 4 is 23.2 Å². The molecule has 1 atom stereocenters. The monoisotopic (exact) mass is 368 g/mol. The molecule has 3 aromatic rings. The summed E-state index contributed by atoms with van der Waals surface area (Å²) in [6, 6.07) is 8.54. The highest BCUT2D eigenvalue weighted by Gasteiger charge is 2.29. The van der Waals surface area contributed by atoms with Gasteiger partial charge in [0.05, 0.1) is 0 Å². The van der Waals surface area contributed by atoms with E-state index in [-0.39, 0.29) is 11.6 Å². The van der Waals surface area contributed by atoms with Crippen LogP contribution >= 0.6 is 11.6 Å². The van der Waals surface area contributed by atoms with Crippen LogP contribution in [0.1, 0.15) is 45.9 Å². The Morgan fingerprint density at radius 2 is 2.12 bits per heavy atom. The number of piperidine rings is 1. The minimum Gasteiger partial charge on any atom is -0.337 e. The molecule has 2 aromatic heterocycles. The molecule has 26 heavy (non-hydrogen) atoms. The van der Waals surface area contributed by atoms with Crippen molar-refractivity contribution in [2.75, 3.05) is 13.1 Å². The van der Waals surface area contributed by atoms with Crippen molar-refractivity contribution in [3.63, 3.8) is 0 Å². The molecule has 1 aliphatic rings. The first-order chi connectivity index (χ1) is 12.5. The Kier molecular flexibility index (Phi) is 4.41. The van der Waals surface area contributed by atoms with Gasteiger partial charge in [-0.25, -0.2) is 9.50 Å². The maximum atomic E-state index is 13.1. The number of benzene rings is 1. The average molecular weight is 369 g/mol. The van der Waals surface area contributed by atoms with Gasteiger partial charge in [-0.3, -0.25) is 4.79 Å². The quantitative estimate of drug-likeness (QED) is 0.686. The van der Waals surface area contributed by atoms with Gasteiger partial charge in [0.1, 0.15) is 5.02 Å². The number of likely N-dealkylation sites (tertiary alicyclic amines) is 1. The number of hydrogen-bond donors (Lipinski definition) is 0. The van der Waals surface area contributed by atoms with Gasteiger partial charge in [0.15, 0.2) is 11.3 Å². The number of rotatable bonds is 2. The van der Waals surface area contributed by atoms with Crippen LogP contribution in [0.2, 0.25) is 5.02 Å². The molecule has 0 unspecified atom stereocenters. The van der Waals surface area contributed by atoms with E-state index in [9.17, 15) is 4.79 Å². The van der Waals surface area contributed by atoms with Crippen LogP contribution in [0.3, 0.4) is 0 Å². The zero-order valence-corrected chi connectivity index (χ0v) is 15.7. The van der Waals surface area contributed by atoms with E-state index in [0.29, 0.717) is 23.1 Å². The van der Waals surface area contributed by atoms with Crippen LogP contribution in [0.15, 0.2) is 36.7 Å². The van der Waals surface area contributed by atoms with Gasteiger partial charge in [-0.15, -0.1) is 0 Å². The zero-order chi connectivity index (χ0) is 18.3. The highest BCUT2D eigenvalue weighted by molar-refractivity contribution is 6.36. The first-order valence-corrected chi connectivity index (χ1v) is 9.27. The van der Waals surface area contributed by atoms with Crippen molar-refractivity contribution in [3.05, 3.63) is 64.1 Å². The molecule has 5 nitrogen and oxygen atoms in total. The summed E-state index contributed by atoms with van der Waals surface area (Å²) in [4.78, 5) is 19.2. The fourth-order valence-corrected chi connectivity index (χ4v) is 3.90. The summed E-state index contributed by atoms with van der Waals surface area (Å²) in [6.07, 6.45) is 5.63. The number of nitrogens with zero attached hydrogens (tertiary/aromatic N) is 4. The summed E-state index contributed by atoms with van der Waals surface area (Å²) in [5, 5.41) is 4.72. The molecular weight excluding hydrogens is 348 g/mol. The predicted molar refractivity (Wildman–Crippen MR) is 102 cm³/mol. The number of aryl methyl sites for hydroxylation is 2. The Morgan fingerprint density at radius 3 is 2.92 bits per heavy atom. The molecule has 0 spiro atoms. The van der Waals surface area contributed by atoms with E-state index in [2.05, 4.69) is 41.3 Å². The second-order valence-corrected chi connectivity index (χ2v) is 7.44. The van der Waals surface area contributed by atoms with Crippen LogP contribution in [-0.4, -0.2) is 38.5 Å². The Labute approximate surface area is 157 Å². The summed E-state index contributed by atoms with van der Waals surface area (Å²) in [5.41, 5.74) is 4.31.